The number of nitrogens with one attached hydrogen (secondary N) is 2. The highest BCUT2D eigenvalue weighted by Gasteiger charge is 2.09. The average Bonchev–Trinajstić information content (AvgIpc) is 2.46. The molecule has 0 unspecified atom stereocenters. The maximum absolute atomic E-state index is 13.6. The van der Waals surface area contributed by atoms with Gasteiger partial charge in [0.25, 0.3) is 0 Å². The highest BCUT2D eigenvalue weighted by Crippen LogP contribution is 2.21. The van der Waals surface area contributed by atoms with Crippen LogP contribution in [0.4, 0.5) is 15.8 Å². The molecule has 0 saturated heterocycles. The van der Waals surface area contributed by atoms with E-state index in [-0.39, 0.29) is 11.4 Å². The summed E-state index contributed by atoms with van der Waals surface area (Å²) in [5, 5.41) is 3.37. The van der Waals surface area contributed by atoms with Gasteiger partial charge in [0.2, 0.25) is 15.9 Å². The molecule has 0 aliphatic heterocycles. The van der Waals surface area contributed by atoms with Crippen molar-refractivity contribution in [2.75, 3.05) is 16.3 Å². The Kier molecular flexibility index (Phi) is 6.05. The molecule has 0 radical (unpaired) electrons. The second kappa shape index (κ2) is 7.86. The van der Waals surface area contributed by atoms with Gasteiger partial charge in [0.1, 0.15) is 5.82 Å². The normalized spacial score (nSPS) is 11.5. The summed E-state index contributed by atoms with van der Waals surface area (Å²) in [7, 11) is -3.64. The van der Waals surface area contributed by atoms with Gasteiger partial charge in [-0.2, -0.15) is 0 Å². The monoisotopic (exact) mass is 402 g/mol. The van der Waals surface area contributed by atoms with E-state index in [1.165, 1.54) is 24.3 Å². The van der Waals surface area contributed by atoms with Crippen molar-refractivity contribution in [2.24, 2.45) is 0 Å². The molecule has 0 saturated carbocycles. The Morgan fingerprint density at radius 1 is 1.12 bits per heavy atom. The first-order valence-electron chi connectivity index (χ1n) is 6.85. The summed E-state index contributed by atoms with van der Waals surface area (Å²) in [4.78, 5) is 11.9. The molecule has 2 aromatic carbocycles. The zero-order valence-corrected chi connectivity index (χ0v) is 15.2. The molecule has 5 nitrogen and oxygen atoms in total. The highest BCUT2D eigenvalue weighted by molar-refractivity contribution is 7.92. The van der Waals surface area contributed by atoms with Gasteiger partial charge in [0, 0.05) is 21.8 Å². The van der Waals surface area contributed by atoms with E-state index >= 15 is 0 Å². The summed E-state index contributed by atoms with van der Waals surface area (Å²) < 4.78 is 38.0. The fourth-order valence-electron chi connectivity index (χ4n) is 1.91. The third-order valence-corrected chi connectivity index (χ3v) is 3.87. The van der Waals surface area contributed by atoms with Crippen LogP contribution in [0.3, 0.4) is 0 Å². The molecule has 0 spiro atoms. The summed E-state index contributed by atoms with van der Waals surface area (Å²) >= 11 is 11.7. The summed E-state index contributed by atoms with van der Waals surface area (Å²) in [6.07, 6.45) is 3.65. The van der Waals surface area contributed by atoms with E-state index in [2.05, 4.69) is 5.32 Å². The molecule has 0 atom stereocenters. The number of rotatable bonds is 5. The number of halogens is 3. The van der Waals surface area contributed by atoms with Crippen LogP contribution in [0, 0.1) is 5.82 Å². The van der Waals surface area contributed by atoms with Gasteiger partial charge in [0.15, 0.2) is 0 Å². The van der Waals surface area contributed by atoms with Crippen LogP contribution in [0.15, 0.2) is 42.5 Å². The molecule has 0 bridgehead atoms. The quantitative estimate of drug-likeness (QED) is 0.737. The van der Waals surface area contributed by atoms with Crippen LogP contribution >= 0.6 is 23.2 Å². The Labute approximate surface area is 154 Å². The fourth-order valence-corrected chi connectivity index (χ4v) is 3.01. The van der Waals surface area contributed by atoms with Crippen LogP contribution in [0.5, 0.6) is 0 Å². The van der Waals surface area contributed by atoms with Crippen molar-refractivity contribution in [3.8, 4) is 0 Å². The van der Waals surface area contributed by atoms with Gasteiger partial charge in [-0.3, -0.25) is 9.52 Å². The van der Waals surface area contributed by atoms with Crippen LogP contribution < -0.4 is 10.0 Å². The van der Waals surface area contributed by atoms with E-state index in [1.807, 2.05) is 4.72 Å². The molecule has 132 valence electrons. The Bertz CT molecular complexity index is 926. The summed E-state index contributed by atoms with van der Waals surface area (Å²) in [5.74, 6) is -1.25. The van der Waals surface area contributed by atoms with Gasteiger partial charge < -0.3 is 5.32 Å². The lowest BCUT2D eigenvalue weighted by Crippen LogP contribution is -2.12. The van der Waals surface area contributed by atoms with Gasteiger partial charge in [-0.15, -0.1) is 0 Å². The molecule has 9 heteroatoms. The minimum atomic E-state index is -3.64. The molecule has 0 aliphatic rings. The molecule has 0 fully saturated rings. The predicted molar refractivity (Wildman–Crippen MR) is 99.0 cm³/mol. The Hall–Kier alpha value is -2.09. The van der Waals surface area contributed by atoms with Crippen molar-refractivity contribution in [1.82, 2.24) is 0 Å². The van der Waals surface area contributed by atoms with Gasteiger partial charge in [-0.05, 0) is 48.0 Å². The maximum atomic E-state index is 13.6. The number of hydrogen-bond acceptors (Lipinski definition) is 3. The molecule has 2 N–H and O–H groups in total. The first kappa shape index (κ1) is 19.2. The van der Waals surface area contributed by atoms with Crippen LogP contribution in [0.25, 0.3) is 6.08 Å². The zero-order chi connectivity index (χ0) is 18.6. The van der Waals surface area contributed by atoms with E-state index in [4.69, 9.17) is 23.2 Å². The first-order valence-corrected chi connectivity index (χ1v) is 9.49. The molecule has 0 aromatic heterocycles. The number of hydrogen-bond donors (Lipinski definition) is 2. The lowest BCUT2D eigenvalue weighted by atomic mass is 10.2. The highest BCUT2D eigenvalue weighted by atomic mass is 35.5. The van der Waals surface area contributed by atoms with E-state index in [1.54, 1.807) is 18.2 Å². The third kappa shape index (κ3) is 6.38. The van der Waals surface area contributed by atoms with Crippen LogP contribution in [0.2, 0.25) is 10.0 Å². The van der Waals surface area contributed by atoms with E-state index in [9.17, 15) is 17.6 Å². The smallest absolute Gasteiger partial charge is 0.248 e. The Morgan fingerprint density at radius 2 is 1.76 bits per heavy atom. The Balaban J connectivity index is 2.12. The molecule has 0 heterocycles. The van der Waals surface area contributed by atoms with Crippen molar-refractivity contribution in [2.45, 2.75) is 0 Å². The summed E-state index contributed by atoms with van der Waals surface area (Å²) in [5.41, 5.74) is 0.600. The van der Waals surface area contributed by atoms with Crippen molar-refractivity contribution in [3.63, 3.8) is 0 Å². The number of anilines is 2. The van der Waals surface area contributed by atoms with Crippen molar-refractivity contribution in [3.05, 3.63) is 63.9 Å². The molecule has 2 rings (SSSR count). The first-order chi connectivity index (χ1) is 11.6. The third-order valence-electron chi connectivity index (χ3n) is 2.84. The van der Waals surface area contributed by atoms with Crippen LogP contribution in [0.1, 0.15) is 5.56 Å². The number of carbonyl (C=O) groups excluding carboxylic acids is 1. The summed E-state index contributed by atoms with van der Waals surface area (Å²) in [6.45, 7) is 0. The minimum Gasteiger partial charge on any atom is -0.322 e. The Morgan fingerprint density at radius 3 is 2.36 bits per heavy atom. The number of carbonyl (C=O) groups is 1. The van der Waals surface area contributed by atoms with Gasteiger partial charge in [-0.25, -0.2) is 12.8 Å². The lowest BCUT2D eigenvalue weighted by molar-refractivity contribution is -0.111. The predicted octanol–water partition coefficient (Wildman–Crippen LogP) is 4.16. The molecule has 1 amide bonds. The maximum Gasteiger partial charge on any atom is 0.248 e. The molecular weight excluding hydrogens is 390 g/mol. The van der Waals surface area contributed by atoms with Crippen LogP contribution in [-0.2, 0) is 14.8 Å². The van der Waals surface area contributed by atoms with E-state index in [0.717, 1.165) is 12.3 Å². The molecule has 25 heavy (non-hydrogen) atoms. The second-order valence-corrected chi connectivity index (χ2v) is 7.72. The summed E-state index contributed by atoms with van der Waals surface area (Å²) in [6, 6.07) is 8.36. The van der Waals surface area contributed by atoms with E-state index < -0.39 is 21.7 Å². The minimum absolute atomic E-state index is 0.228. The standard InChI is InChI=1S/C16H13Cl2FN2O3S/c1-25(23,24)21-15-9-13(3-4-14(15)19)20-16(22)5-2-10-6-11(17)8-12(18)7-10/h2-9,21H,1H3,(H,20,22)/b5-2+. The zero-order valence-electron chi connectivity index (χ0n) is 12.9. The second-order valence-electron chi connectivity index (χ2n) is 5.09. The fraction of sp³-hybridized carbons (Fsp3) is 0.0625. The van der Waals surface area contributed by atoms with Crippen molar-refractivity contribution >= 4 is 56.6 Å². The van der Waals surface area contributed by atoms with E-state index in [0.29, 0.717) is 15.6 Å². The molecule has 2 aromatic rings. The lowest BCUT2D eigenvalue weighted by Gasteiger charge is -2.08. The molecular formula is C16H13Cl2FN2O3S. The van der Waals surface area contributed by atoms with Crippen molar-refractivity contribution < 1.29 is 17.6 Å². The van der Waals surface area contributed by atoms with Gasteiger partial charge in [0.05, 0.1) is 11.9 Å². The number of sulfonamides is 1. The average molecular weight is 403 g/mol. The number of amides is 1. The van der Waals surface area contributed by atoms with Gasteiger partial charge in [-0.1, -0.05) is 23.2 Å². The largest absolute Gasteiger partial charge is 0.322 e. The van der Waals surface area contributed by atoms with Crippen molar-refractivity contribution in [1.29, 1.82) is 0 Å². The topological polar surface area (TPSA) is 75.3 Å². The SMILES string of the molecule is CS(=O)(=O)Nc1cc(NC(=O)/C=C/c2cc(Cl)cc(Cl)c2)ccc1F. The van der Waals surface area contributed by atoms with Crippen LogP contribution in [-0.4, -0.2) is 20.6 Å². The molecule has 0 aliphatic carbocycles. The van der Waals surface area contributed by atoms with Gasteiger partial charge >= 0.3 is 0 Å². The number of benzene rings is 2.